The highest BCUT2D eigenvalue weighted by Gasteiger charge is 2.28. The van der Waals surface area contributed by atoms with Gasteiger partial charge in [0, 0.05) is 29.6 Å². The van der Waals surface area contributed by atoms with Crippen molar-refractivity contribution < 1.29 is 18.8 Å². The lowest BCUT2D eigenvalue weighted by Gasteiger charge is -2.12. The minimum absolute atomic E-state index is 0.136. The Labute approximate surface area is 158 Å². The predicted molar refractivity (Wildman–Crippen MR) is 100 cm³/mol. The molecule has 0 aromatic carbocycles. The monoisotopic (exact) mass is 371 g/mol. The van der Waals surface area contributed by atoms with E-state index in [2.05, 4.69) is 10.5 Å². The number of hydrogen-bond donors (Lipinski definition) is 1. The summed E-state index contributed by atoms with van der Waals surface area (Å²) in [6.07, 6.45) is 5.31. The fraction of sp³-hybridized carbons (Fsp3) is 0.450. The molecule has 0 radical (unpaired) electrons. The summed E-state index contributed by atoms with van der Waals surface area (Å²) in [5.41, 5.74) is 2.78. The molecule has 0 spiro atoms. The van der Waals surface area contributed by atoms with Crippen molar-refractivity contribution in [1.82, 2.24) is 15.0 Å². The predicted octanol–water partition coefficient (Wildman–Crippen LogP) is 2.86. The second-order valence-electron chi connectivity index (χ2n) is 7.09. The highest BCUT2D eigenvalue weighted by atomic mass is 16.5. The molecule has 0 bridgehead atoms. The number of ether oxygens (including phenoxy) is 1. The minimum Gasteiger partial charge on any atom is -0.452 e. The molecular weight excluding hydrogens is 346 g/mol. The smallest absolute Gasteiger partial charge is 0.331 e. The summed E-state index contributed by atoms with van der Waals surface area (Å²) >= 11 is 0. The van der Waals surface area contributed by atoms with Crippen LogP contribution in [0, 0.1) is 26.7 Å². The Morgan fingerprint density at radius 3 is 2.74 bits per heavy atom. The van der Waals surface area contributed by atoms with E-state index in [9.17, 15) is 9.59 Å². The molecule has 0 saturated heterocycles. The van der Waals surface area contributed by atoms with Crippen molar-refractivity contribution in [3.63, 3.8) is 0 Å². The first-order valence-electron chi connectivity index (χ1n) is 9.12. The van der Waals surface area contributed by atoms with Crippen LogP contribution in [-0.2, 0) is 14.3 Å². The highest BCUT2D eigenvalue weighted by Crippen LogP contribution is 2.32. The van der Waals surface area contributed by atoms with Crippen molar-refractivity contribution in [3.8, 4) is 5.82 Å². The Kier molecular flexibility index (Phi) is 5.48. The van der Waals surface area contributed by atoms with Crippen LogP contribution in [0.15, 0.2) is 22.7 Å². The molecule has 1 fully saturated rings. The molecule has 7 heteroatoms. The Morgan fingerprint density at radius 2 is 2.11 bits per heavy atom. The first kappa shape index (κ1) is 18.9. The standard InChI is InChI=1S/C20H25N3O4/c1-12-9-17(15(4)23(12)18-10-13(2)27-22-18)7-8-20(25)26-11-19(24)21-14(3)16-5-6-16/h7-10,14,16H,5-6,11H2,1-4H3,(H,21,24)/b8-7+/t14-/m1/s1. The van der Waals surface area contributed by atoms with E-state index < -0.39 is 5.97 Å². The van der Waals surface area contributed by atoms with E-state index in [1.807, 2.05) is 44.4 Å². The van der Waals surface area contributed by atoms with E-state index in [4.69, 9.17) is 9.26 Å². The number of aromatic nitrogens is 2. The van der Waals surface area contributed by atoms with Crippen LogP contribution in [0.4, 0.5) is 0 Å². The van der Waals surface area contributed by atoms with Gasteiger partial charge in [-0.2, -0.15) is 0 Å². The van der Waals surface area contributed by atoms with Crippen LogP contribution in [-0.4, -0.2) is 34.2 Å². The van der Waals surface area contributed by atoms with Gasteiger partial charge in [-0.05, 0) is 64.2 Å². The third-order valence-corrected chi connectivity index (χ3v) is 4.78. The Hall–Kier alpha value is -2.83. The van der Waals surface area contributed by atoms with Crippen LogP contribution in [0.25, 0.3) is 11.9 Å². The number of hydrogen-bond acceptors (Lipinski definition) is 5. The van der Waals surface area contributed by atoms with E-state index in [1.54, 1.807) is 6.08 Å². The largest absolute Gasteiger partial charge is 0.452 e. The fourth-order valence-electron chi connectivity index (χ4n) is 3.12. The molecule has 0 aliphatic heterocycles. The summed E-state index contributed by atoms with van der Waals surface area (Å²) in [5, 5.41) is 6.88. The van der Waals surface area contributed by atoms with Crippen LogP contribution >= 0.6 is 0 Å². The first-order chi connectivity index (χ1) is 12.8. The molecule has 1 saturated carbocycles. The highest BCUT2D eigenvalue weighted by molar-refractivity contribution is 5.89. The number of amides is 1. The number of rotatable bonds is 7. The van der Waals surface area contributed by atoms with E-state index in [0.29, 0.717) is 11.7 Å². The van der Waals surface area contributed by atoms with Crippen molar-refractivity contribution >= 4 is 18.0 Å². The van der Waals surface area contributed by atoms with Gasteiger partial charge in [0.1, 0.15) is 5.76 Å². The number of aryl methyl sites for hydroxylation is 2. The van der Waals surface area contributed by atoms with Gasteiger partial charge in [0.05, 0.1) is 0 Å². The summed E-state index contributed by atoms with van der Waals surface area (Å²) in [4.78, 5) is 23.7. The van der Waals surface area contributed by atoms with Crippen molar-refractivity contribution in [2.75, 3.05) is 6.61 Å². The topological polar surface area (TPSA) is 86.4 Å². The lowest BCUT2D eigenvalue weighted by Crippen LogP contribution is -2.36. The SMILES string of the molecule is Cc1cc(-n2c(C)cc(/C=C/C(=O)OCC(=O)N[C@H](C)C3CC3)c2C)no1. The Morgan fingerprint density at radius 1 is 1.37 bits per heavy atom. The van der Waals surface area contributed by atoms with Crippen molar-refractivity contribution in [1.29, 1.82) is 0 Å². The van der Waals surface area contributed by atoms with Crippen molar-refractivity contribution in [2.24, 2.45) is 5.92 Å². The second kappa shape index (κ2) is 7.82. The zero-order valence-electron chi connectivity index (χ0n) is 16.1. The van der Waals surface area contributed by atoms with Crippen LogP contribution in [0.5, 0.6) is 0 Å². The second-order valence-corrected chi connectivity index (χ2v) is 7.09. The average molecular weight is 371 g/mol. The molecule has 1 aliphatic carbocycles. The van der Waals surface area contributed by atoms with Crippen molar-refractivity contribution in [3.05, 3.63) is 40.9 Å². The van der Waals surface area contributed by atoms with E-state index in [0.717, 1.165) is 35.6 Å². The Bertz CT molecular complexity index is 874. The zero-order chi connectivity index (χ0) is 19.6. The van der Waals surface area contributed by atoms with E-state index in [1.165, 1.54) is 6.08 Å². The van der Waals surface area contributed by atoms with Crippen LogP contribution in [0.1, 0.15) is 42.5 Å². The summed E-state index contributed by atoms with van der Waals surface area (Å²) < 4.78 is 12.1. The lowest BCUT2D eigenvalue weighted by atomic mass is 10.2. The van der Waals surface area contributed by atoms with Gasteiger partial charge >= 0.3 is 5.97 Å². The summed E-state index contributed by atoms with van der Waals surface area (Å²) in [7, 11) is 0. The van der Waals surface area contributed by atoms with Gasteiger partial charge in [0.2, 0.25) is 0 Å². The van der Waals surface area contributed by atoms with Gasteiger partial charge in [-0.3, -0.25) is 9.36 Å². The van der Waals surface area contributed by atoms with Crippen LogP contribution in [0.2, 0.25) is 0 Å². The normalized spacial score (nSPS) is 15.1. The maximum Gasteiger partial charge on any atom is 0.331 e. The molecule has 2 heterocycles. The molecule has 2 aromatic rings. The number of carbonyl (C=O) groups is 2. The quantitative estimate of drug-likeness (QED) is 0.597. The summed E-state index contributed by atoms with van der Waals surface area (Å²) in [5.74, 6) is 1.17. The molecule has 27 heavy (non-hydrogen) atoms. The summed E-state index contributed by atoms with van der Waals surface area (Å²) in [6.45, 7) is 7.44. The Balaban J connectivity index is 1.57. The molecule has 7 nitrogen and oxygen atoms in total. The van der Waals surface area contributed by atoms with E-state index in [-0.39, 0.29) is 18.6 Å². The maximum atomic E-state index is 11.9. The molecule has 1 N–H and O–H groups in total. The third kappa shape index (κ3) is 4.67. The van der Waals surface area contributed by atoms with Crippen LogP contribution in [0.3, 0.4) is 0 Å². The average Bonchev–Trinajstić information content (AvgIpc) is 3.33. The molecule has 1 aliphatic rings. The molecule has 1 amide bonds. The van der Waals surface area contributed by atoms with Crippen molar-refractivity contribution in [2.45, 2.75) is 46.6 Å². The number of esters is 1. The third-order valence-electron chi connectivity index (χ3n) is 4.78. The molecule has 2 aromatic heterocycles. The first-order valence-corrected chi connectivity index (χ1v) is 9.12. The summed E-state index contributed by atoms with van der Waals surface area (Å²) in [6, 6.07) is 3.94. The van der Waals surface area contributed by atoms with Crippen LogP contribution < -0.4 is 5.32 Å². The maximum absolute atomic E-state index is 11.9. The molecular formula is C20H25N3O4. The zero-order valence-corrected chi connectivity index (χ0v) is 16.1. The molecule has 0 unspecified atom stereocenters. The lowest BCUT2D eigenvalue weighted by molar-refractivity contribution is -0.144. The van der Waals surface area contributed by atoms with Gasteiger partial charge in [0.15, 0.2) is 12.4 Å². The van der Waals surface area contributed by atoms with Gasteiger partial charge in [-0.15, -0.1) is 0 Å². The van der Waals surface area contributed by atoms with Gasteiger partial charge < -0.3 is 14.6 Å². The molecule has 144 valence electrons. The fourth-order valence-corrected chi connectivity index (χ4v) is 3.12. The molecule has 1 atom stereocenters. The minimum atomic E-state index is -0.550. The van der Waals surface area contributed by atoms with Gasteiger partial charge in [0.25, 0.3) is 5.91 Å². The van der Waals surface area contributed by atoms with Gasteiger partial charge in [-0.25, -0.2) is 4.79 Å². The van der Waals surface area contributed by atoms with Gasteiger partial charge in [-0.1, -0.05) is 5.16 Å². The number of carbonyl (C=O) groups excluding carboxylic acids is 2. The van der Waals surface area contributed by atoms with E-state index >= 15 is 0 Å². The molecule has 3 rings (SSSR count). The number of nitrogens with one attached hydrogen (secondary N) is 1. The number of nitrogens with zero attached hydrogens (tertiary/aromatic N) is 2.